The van der Waals surface area contributed by atoms with Gasteiger partial charge < -0.3 is 24.8 Å². The third-order valence-electron chi connectivity index (χ3n) is 7.08. The van der Waals surface area contributed by atoms with Gasteiger partial charge in [0.1, 0.15) is 0 Å². The minimum atomic E-state index is -2.33. The summed E-state index contributed by atoms with van der Waals surface area (Å²) in [6.07, 6.45) is 9.38. The number of halogens is 2. The molecule has 4 aromatic carbocycles. The van der Waals surface area contributed by atoms with Crippen LogP contribution in [0.5, 0.6) is 0 Å². The van der Waals surface area contributed by atoms with Crippen LogP contribution >= 0.6 is 0 Å². The Morgan fingerprint density at radius 1 is 0.694 bits per heavy atom. The Kier molecular flexibility index (Phi) is 8.74. The van der Waals surface area contributed by atoms with Crippen molar-refractivity contribution in [2.24, 2.45) is 0 Å². The van der Waals surface area contributed by atoms with Crippen molar-refractivity contribution in [2.75, 3.05) is 0 Å². The molecule has 0 N–H and O–H groups in total. The number of allylic oxidation sites excluding steroid dienone is 4. The summed E-state index contributed by atoms with van der Waals surface area (Å²) in [4.78, 5) is 0. The van der Waals surface area contributed by atoms with Gasteiger partial charge in [0.15, 0.2) is 0 Å². The maximum Gasteiger partial charge on any atom is -1.00 e. The van der Waals surface area contributed by atoms with E-state index in [0.717, 1.165) is 12.8 Å². The van der Waals surface area contributed by atoms with Crippen LogP contribution in [-0.2, 0) is 26.8 Å². The molecule has 6 rings (SSSR count). The number of benzene rings is 4. The first-order valence-electron chi connectivity index (χ1n) is 12.1. The first-order chi connectivity index (χ1) is 16.7. The van der Waals surface area contributed by atoms with E-state index in [2.05, 4.69) is 123 Å². The maximum absolute atomic E-state index is 2.51. The van der Waals surface area contributed by atoms with Crippen molar-refractivity contribution in [3.63, 3.8) is 0 Å². The van der Waals surface area contributed by atoms with E-state index < -0.39 is 25.8 Å². The molecular weight excluding hydrogens is 575 g/mol. The molecule has 2 aliphatic carbocycles. The van der Waals surface area contributed by atoms with E-state index in [9.17, 15) is 0 Å². The SMILES string of the molecule is Cc1cccc([Si](c2cccc(C)c2)=[Zr+2]([C]2=CC=CC2)[c]2cccc3c2Cc2ccccc2-3)c1.[Cl-].[Cl-]. The van der Waals surface area contributed by atoms with Crippen LogP contribution in [0.2, 0.25) is 0 Å². The van der Waals surface area contributed by atoms with E-state index in [1.807, 2.05) is 0 Å². The molecule has 0 aliphatic heterocycles. The zero-order chi connectivity index (χ0) is 23.1. The third kappa shape index (κ3) is 5.07. The molecule has 0 aromatic heterocycles. The Morgan fingerprint density at radius 2 is 1.33 bits per heavy atom. The van der Waals surface area contributed by atoms with Crippen molar-refractivity contribution in [1.29, 1.82) is 0 Å². The predicted molar refractivity (Wildman–Crippen MR) is 144 cm³/mol. The number of aryl methyl sites for hydroxylation is 2. The molecule has 0 atom stereocenters. The van der Waals surface area contributed by atoms with Crippen molar-refractivity contribution in [2.45, 2.75) is 26.7 Å². The van der Waals surface area contributed by atoms with Gasteiger partial charge in [0.2, 0.25) is 0 Å². The molecule has 0 saturated heterocycles. The standard InChI is InChI=1S/C14H14Si.C13H9.C5H5.2ClH.Zr/c1-11-5-3-7-13(9-11)15-14-8-4-6-12(2)10-14;1-3-7-12-10(5-1)9-11-6-2-4-8-13(11)12;1-2-4-5-3-1;;;/h3-10H,1-2H3;1-5,7-8H,9H2;1-3H,4H2;2*1H;/q;;;;;+2/p-2. The minimum absolute atomic E-state index is 0. The van der Waals surface area contributed by atoms with Gasteiger partial charge in [0.05, 0.1) is 0 Å². The fourth-order valence-electron chi connectivity index (χ4n) is 5.55. The molecule has 2 aliphatic rings. The largest absolute Gasteiger partial charge is 1.00 e. The van der Waals surface area contributed by atoms with Crippen molar-refractivity contribution in [3.8, 4) is 11.1 Å². The number of fused-ring (bicyclic) bond motifs is 3. The molecule has 0 spiro atoms. The first kappa shape index (κ1) is 27.1. The summed E-state index contributed by atoms with van der Waals surface area (Å²) < 4.78 is 3.48. The fraction of sp³-hybridized carbons (Fsp3) is 0.125. The Balaban J connectivity index is 0.00000152. The van der Waals surface area contributed by atoms with Gasteiger partial charge in [-0.25, -0.2) is 0 Å². The summed E-state index contributed by atoms with van der Waals surface area (Å²) in [6.45, 7) is 4.49. The topological polar surface area (TPSA) is 0 Å². The van der Waals surface area contributed by atoms with Gasteiger partial charge in [0.25, 0.3) is 0 Å². The van der Waals surface area contributed by atoms with Crippen molar-refractivity contribution in [1.82, 2.24) is 0 Å². The van der Waals surface area contributed by atoms with Crippen LogP contribution in [0.15, 0.2) is 113 Å². The summed E-state index contributed by atoms with van der Waals surface area (Å²) in [5.41, 5.74) is 7.85. The van der Waals surface area contributed by atoms with Crippen LogP contribution in [0, 0.1) is 13.8 Å². The van der Waals surface area contributed by atoms with E-state index in [4.69, 9.17) is 0 Å². The minimum Gasteiger partial charge on any atom is -1.00 e. The molecule has 178 valence electrons. The Bertz CT molecular complexity index is 1480. The van der Waals surface area contributed by atoms with E-state index in [-0.39, 0.29) is 24.8 Å². The molecule has 4 heteroatoms. The first-order valence-corrected chi connectivity index (χ1v) is 19.8. The summed E-state index contributed by atoms with van der Waals surface area (Å²) >= 11 is -2.33. The summed E-state index contributed by atoms with van der Waals surface area (Å²) in [5.74, 6) is 0. The van der Waals surface area contributed by atoms with Gasteiger partial charge >= 0.3 is 212 Å². The second kappa shape index (κ2) is 11.6. The summed E-state index contributed by atoms with van der Waals surface area (Å²) in [6, 6.07) is 35.1. The van der Waals surface area contributed by atoms with E-state index in [0.29, 0.717) is 0 Å². The number of rotatable bonds is 4. The summed E-state index contributed by atoms with van der Waals surface area (Å²) in [7, 11) is 0. The van der Waals surface area contributed by atoms with Gasteiger partial charge in [-0.3, -0.25) is 0 Å². The van der Waals surface area contributed by atoms with Crippen molar-refractivity contribution >= 4 is 19.1 Å². The van der Waals surface area contributed by atoms with E-state index >= 15 is 0 Å². The molecule has 0 amide bonds. The molecule has 4 aromatic rings. The van der Waals surface area contributed by atoms with Gasteiger partial charge in [-0.05, 0) is 0 Å². The Morgan fingerprint density at radius 3 is 1.97 bits per heavy atom. The zero-order valence-corrected chi connectivity index (χ0v) is 25.5. The van der Waals surface area contributed by atoms with Gasteiger partial charge in [-0.1, -0.05) is 0 Å². The number of hydrogen-bond acceptors (Lipinski definition) is 0. The Hall–Kier alpha value is -1.96. The molecule has 0 unspecified atom stereocenters. The summed E-state index contributed by atoms with van der Waals surface area (Å²) in [5, 5.41) is 3.18. The van der Waals surface area contributed by atoms with E-state index in [1.54, 1.807) is 22.5 Å². The quantitative estimate of drug-likeness (QED) is 0.250. The van der Waals surface area contributed by atoms with Crippen molar-refractivity contribution in [3.05, 3.63) is 135 Å². The average Bonchev–Trinajstić information content (AvgIpc) is 3.51. The van der Waals surface area contributed by atoms with Crippen LogP contribution in [-0.4, -0.2) is 5.43 Å². The molecular formula is C32H28Cl2SiZr. The van der Waals surface area contributed by atoms with Crippen molar-refractivity contribution < 1.29 is 45.2 Å². The molecule has 0 saturated carbocycles. The monoisotopic (exact) mass is 600 g/mol. The van der Waals surface area contributed by atoms with Crippen LogP contribution in [0.25, 0.3) is 11.1 Å². The van der Waals surface area contributed by atoms with E-state index in [1.165, 1.54) is 27.8 Å². The van der Waals surface area contributed by atoms with Gasteiger partial charge in [-0.15, -0.1) is 0 Å². The van der Waals surface area contributed by atoms with Crippen LogP contribution < -0.4 is 38.5 Å². The average molecular weight is 603 g/mol. The molecule has 36 heavy (non-hydrogen) atoms. The van der Waals surface area contributed by atoms with Gasteiger partial charge in [0, 0.05) is 0 Å². The molecule has 0 fully saturated rings. The van der Waals surface area contributed by atoms with Crippen LogP contribution in [0.4, 0.5) is 0 Å². The molecule has 0 bridgehead atoms. The predicted octanol–water partition coefficient (Wildman–Crippen LogP) is -0.224. The Labute approximate surface area is 235 Å². The van der Waals surface area contributed by atoms with Gasteiger partial charge in [-0.2, -0.15) is 0 Å². The fourth-order valence-corrected chi connectivity index (χ4v) is 25.9. The smallest absolute Gasteiger partial charge is 1.00 e. The second-order valence-electron chi connectivity index (χ2n) is 9.48. The third-order valence-corrected chi connectivity index (χ3v) is 25.8. The number of hydrogen-bond donors (Lipinski definition) is 0. The zero-order valence-electron chi connectivity index (χ0n) is 20.6. The molecule has 0 heterocycles. The molecule has 0 nitrogen and oxygen atoms in total. The molecule has 0 radical (unpaired) electrons. The maximum atomic E-state index is 2.51. The van der Waals surface area contributed by atoms with Crippen LogP contribution in [0.1, 0.15) is 28.7 Å². The normalized spacial score (nSPS) is 12.4. The van der Waals surface area contributed by atoms with Crippen LogP contribution in [0.3, 0.4) is 0 Å². The second-order valence-corrected chi connectivity index (χ2v) is 22.8.